The molecular weight excluding hydrogens is 492 g/mol. The standard InChI is InChI=1S/C28H23F2N5O3/c1-33-22-11-10-21(15-31)32-26(22)23(14-25(33)36)35-13-12-34(16-24(35)28(37)38)27(17-2-6-19(29)7-3-17)18-4-8-20(30)9-5-18/h2-11,14,24,27H,12-13,16H2,1H3,(H,37,38). The Kier molecular flexibility index (Phi) is 6.61. The molecule has 8 nitrogen and oxygen atoms in total. The van der Waals surface area contributed by atoms with Crippen molar-refractivity contribution < 1.29 is 18.7 Å². The van der Waals surface area contributed by atoms with Gasteiger partial charge in [-0.1, -0.05) is 24.3 Å². The number of benzene rings is 2. The highest BCUT2D eigenvalue weighted by molar-refractivity contribution is 5.91. The molecule has 0 bridgehead atoms. The van der Waals surface area contributed by atoms with Crippen molar-refractivity contribution >= 4 is 22.7 Å². The molecule has 0 saturated carbocycles. The smallest absolute Gasteiger partial charge is 0.327 e. The minimum Gasteiger partial charge on any atom is -0.480 e. The molecule has 0 aliphatic carbocycles. The number of nitriles is 1. The number of aromatic nitrogens is 2. The van der Waals surface area contributed by atoms with Gasteiger partial charge in [-0.05, 0) is 47.5 Å². The summed E-state index contributed by atoms with van der Waals surface area (Å²) in [6, 6.07) is 16.8. The molecule has 5 rings (SSSR count). The van der Waals surface area contributed by atoms with Gasteiger partial charge >= 0.3 is 5.97 Å². The summed E-state index contributed by atoms with van der Waals surface area (Å²) in [5.41, 5.74) is 2.46. The molecule has 2 aromatic carbocycles. The minimum atomic E-state index is -1.10. The lowest BCUT2D eigenvalue weighted by Gasteiger charge is -2.44. The first-order chi connectivity index (χ1) is 18.3. The van der Waals surface area contributed by atoms with Gasteiger partial charge in [-0.2, -0.15) is 5.26 Å². The molecule has 2 aromatic heterocycles. The van der Waals surface area contributed by atoms with Crippen LogP contribution in [-0.4, -0.2) is 51.2 Å². The fourth-order valence-corrected chi connectivity index (χ4v) is 5.04. The van der Waals surface area contributed by atoms with Crippen LogP contribution in [0.3, 0.4) is 0 Å². The van der Waals surface area contributed by atoms with Crippen molar-refractivity contribution in [3.63, 3.8) is 0 Å². The van der Waals surface area contributed by atoms with E-state index in [4.69, 9.17) is 0 Å². The van der Waals surface area contributed by atoms with Gasteiger partial charge in [-0.25, -0.2) is 18.6 Å². The summed E-state index contributed by atoms with van der Waals surface area (Å²) in [6.07, 6.45) is 0. The molecule has 1 atom stereocenters. The zero-order valence-electron chi connectivity index (χ0n) is 20.4. The zero-order valence-corrected chi connectivity index (χ0v) is 20.4. The number of aryl methyl sites for hydroxylation is 1. The van der Waals surface area contributed by atoms with E-state index in [1.165, 1.54) is 41.0 Å². The molecule has 1 aliphatic rings. The molecule has 0 radical (unpaired) electrons. The van der Waals surface area contributed by atoms with Gasteiger partial charge in [0.05, 0.1) is 17.2 Å². The fraction of sp³-hybridized carbons (Fsp3) is 0.214. The topological polar surface area (TPSA) is 102 Å². The van der Waals surface area contributed by atoms with Crippen molar-refractivity contribution in [3.8, 4) is 6.07 Å². The van der Waals surface area contributed by atoms with Crippen molar-refractivity contribution in [2.75, 3.05) is 24.5 Å². The minimum absolute atomic E-state index is 0.0589. The monoisotopic (exact) mass is 515 g/mol. The summed E-state index contributed by atoms with van der Waals surface area (Å²) in [7, 11) is 1.59. The number of hydrogen-bond donors (Lipinski definition) is 1. The Balaban J connectivity index is 1.57. The number of carboxylic acids is 1. The van der Waals surface area contributed by atoms with E-state index in [1.54, 1.807) is 42.3 Å². The van der Waals surface area contributed by atoms with E-state index in [0.717, 1.165) is 11.1 Å². The number of piperazine rings is 1. The number of pyridine rings is 2. The second kappa shape index (κ2) is 10.0. The van der Waals surface area contributed by atoms with Crippen molar-refractivity contribution in [2.45, 2.75) is 12.1 Å². The Bertz CT molecular complexity index is 1570. The largest absolute Gasteiger partial charge is 0.480 e. The number of fused-ring (bicyclic) bond motifs is 1. The molecule has 1 aliphatic heterocycles. The van der Waals surface area contributed by atoms with Gasteiger partial charge in [0.25, 0.3) is 5.56 Å². The molecule has 4 aromatic rings. The number of rotatable bonds is 5. The molecule has 192 valence electrons. The van der Waals surface area contributed by atoms with Crippen molar-refractivity contribution in [1.82, 2.24) is 14.5 Å². The third kappa shape index (κ3) is 4.60. The zero-order chi connectivity index (χ0) is 27.0. The Morgan fingerprint density at radius 3 is 2.18 bits per heavy atom. The van der Waals surface area contributed by atoms with Crippen LogP contribution in [0.5, 0.6) is 0 Å². The lowest BCUT2D eigenvalue weighted by Crippen LogP contribution is -2.57. The number of hydrogen-bond acceptors (Lipinski definition) is 6. The first kappa shape index (κ1) is 25.0. The van der Waals surface area contributed by atoms with Crippen LogP contribution in [0.25, 0.3) is 11.0 Å². The van der Waals surface area contributed by atoms with Crippen LogP contribution in [-0.2, 0) is 11.8 Å². The van der Waals surface area contributed by atoms with E-state index in [0.29, 0.717) is 23.3 Å². The SMILES string of the molecule is Cn1c(=O)cc(N2CCN(C(c3ccc(F)cc3)c3ccc(F)cc3)CC2C(=O)O)c2nc(C#N)ccc21. The number of nitrogens with zero attached hydrogens (tertiary/aromatic N) is 5. The summed E-state index contributed by atoms with van der Waals surface area (Å²) < 4.78 is 28.8. The number of carbonyl (C=O) groups is 1. The van der Waals surface area contributed by atoms with E-state index in [2.05, 4.69) is 4.98 Å². The van der Waals surface area contributed by atoms with Gasteiger partial charge < -0.3 is 14.6 Å². The van der Waals surface area contributed by atoms with E-state index in [-0.39, 0.29) is 24.3 Å². The predicted octanol–water partition coefficient (Wildman–Crippen LogP) is 3.45. The molecule has 38 heavy (non-hydrogen) atoms. The molecule has 1 N–H and O–H groups in total. The molecule has 0 amide bonds. The van der Waals surface area contributed by atoms with Crippen LogP contribution in [0.1, 0.15) is 22.9 Å². The Hall–Kier alpha value is -4.62. The summed E-state index contributed by atoms with van der Waals surface area (Å²) in [6.45, 7) is 0.678. The molecule has 1 unspecified atom stereocenters. The second-order valence-electron chi connectivity index (χ2n) is 9.15. The lowest BCUT2D eigenvalue weighted by atomic mass is 9.95. The van der Waals surface area contributed by atoms with Gasteiger partial charge in [0, 0.05) is 32.7 Å². The van der Waals surface area contributed by atoms with Gasteiger partial charge in [-0.15, -0.1) is 0 Å². The third-order valence-electron chi connectivity index (χ3n) is 6.93. The first-order valence-corrected chi connectivity index (χ1v) is 11.9. The highest BCUT2D eigenvalue weighted by Crippen LogP contribution is 2.34. The van der Waals surface area contributed by atoms with Crippen molar-refractivity contribution in [3.05, 3.63) is 106 Å². The molecule has 3 heterocycles. The molecule has 1 saturated heterocycles. The summed E-state index contributed by atoms with van der Waals surface area (Å²) >= 11 is 0. The Morgan fingerprint density at radius 1 is 1.03 bits per heavy atom. The van der Waals surface area contributed by atoms with Gasteiger partial charge in [-0.3, -0.25) is 9.69 Å². The van der Waals surface area contributed by atoms with Crippen LogP contribution in [0.15, 0.2) is 71.5 Å². The van der Waals surface area contributed by atoms with Crippen LogP contribution < -0.4 is 10.5 Å². The average molecular weight is 516 g/mol. The highest BCUT2D eigenvalue weighted by Gasteiger charge is 2.37. The van der Waals surface area contributed by atoms with Gasteiger partial charge in [0.1, 0.15) is 35.0 Å². The Labute approximate surface area is 216 Å². The maximum absolute atomic E-state index is 13.7. The maximum Gasteiger partial charge on any atom is 0.327 e. The van der Waals surface area contributed by atoms with E-state index in [9.17, 15) is 28.7 Å². The number of aliphatic carboxylic acids is 1. The molecule has 1 fully saturated rings. The van der Waals surface area contributed by atoms with Crippen LogP contribution in [0.2, 0.25) is 0 Å². The van der Waals surface area contributed by atoms with Crippen LogP contribution >= 0.6 is 0 Å². The normalized spacial score (nSPS) is 16.1. The van der Waals surface area contributed by atoms with Gasteiger partial charge in [0.2, 0.25) is 0 Å². The second-order valence-corrected chi connectivity index (χ2v) is 9.15. The third-order valence-corrected chi connectivity index (χ3v) is 6.93. The molecular formula is C28H23F2N5O3. The van der Waals surface area contributed by atoms with Gasteiger partial charge in [0.15, 0.2) is 0 Å². The van der Waals surface area contributed by atoms with Crippen molar-refractivity contribution in [1.29, 1.82) is 5.26 Å². The quantitative estimate of drug-likeness (QED) is 0.434. The molecule has 0 spiro atoms. The summed E-state index contributed by atoms with van der Waals surface area (Å²) in [5.74, 6) is -1.90. The van der Waals surface area contributed by atoms with Crippen molar-refractivity contribution in [2.24, 2.45) is 7.05 Å². The van der Waals surface area contributed by atoms with Crippen LogP contribution in [0, 0.1) is 23.0 Å². The predicted molar refractivity (Wildman–Crippen MR) is 137 cm³/mol. The lowest BCUT2D eigenvalue weighted by molar-refractivity contribution is -0.139. The maximum atomic E-state index is 13.7. The Morgan fingerprint density at radius 2 is 1.63 bits per heavy atom. The number of anilines is 1. The average Bonchev–Trinajstić information content (AvgIpc) is 2.92. The fourth-order valence-electron chi connectivity index (χ4n) is 5.04. The molecule has 10 heteroatoms. The highest BCUT2D eigenvalue weighted by atomic mass is 19.1. The van der Waals surface area contributed by atoms with E-state index >= 15 is 0 Å². The summed E-state index contributed by atoms with van der Waals surface area (Å²) in [5, 5.41) is 19.6. The summed E-state index contributed by atoms with van der Waals surface area (Å²) in [4.78, 5) is 33.3. The first-order valence-electron chi connectivity index (χ1n) is 11.9. The van der Waals surface area contributed by atoms with Crippen LogP contribution in [0.4, 0.5) is 14.5 Å². The number of halogens is 2. The van der Waals surface area contributed by atoms with E-state index < -0.39 is 29.7 Å². The number of carboxylic acid groups (broad SMARTS) is 1. The van der Waals surface area contributed by atoms with E-state index in [1.807, 2.05) is 11.0 Å².